The average molecular weight is 475 g/mol. The van der Waals surface area contributed by atoms with Gasteiger partial charge in [-0.3, -0.25) is 14.9 Å². The van der Waals surface area contributed by atoms with Crippen LogP contribution < -0.4 is 5.32 Å². The van der Waals surface area contributed by atoms with Crippen LogP contribution in [0.4, 0.5) is 18.9 Å². The molecule has 0 saturated carbocycles. The van der Waals surface area contributed by atoms with Gasteiger partial charge < -0.3 is 5.32 Å². The molecule has 0 saturated heterocycles. The highest BCUT2D eigenvalue weighted by molar-refractivity contribution is 7.59. The van der Waals surface area contributed by atoms with Gasteiger partial charge in [-0.15, -0.1) is 0 Å². The SMILES string of the molecule is C[C@H](NC(=O)c1cc(Cl)cc(C(F)(F)F)c1)c1ncnn1-c1ccc([N+](=O)[O-])cn1.S. The summed E-state index contributed by atoms with van der Waals surface area (Å²) >= 11 is 5.71. The zero-order valence-corrected chi connectivity index (χ0v) is 17.3. The predicted octanol–water partition coefficient (Wildman–Crippen LogP) is 3.85. The van der Waals surface area contributed by atoms with E-state index in [-0.39, 0.29) is 41.4 Å². The molecule has 9 nitrogen and oxygen atoms in total. The van der Waals surface area contributed by atoms with Gasteiger partial charge in [0.05, 0.1) is 16.5 Å². The van der Waals surface area contributed by atoms with Crippen LogP contribution in [0.5, 0.6) is 0 Å². The molecule has 0 aliphatic rings. The Morgan fingerprint density at radius 1 is 1.26 bits per heavy atom. The third kappa shape index (κ3) is 5.49. The fourth-order valence-corrected chi connectivity index (χ4v) is 2.80. The van der Waals surface area contributed by atoms with Gasteiger partial charge in [0, 0.05) is 16.7 Å². The van der Waals surface area contributed by atoms with Crippen LogP contribution in [0.2, 0.25) is 5.02 Å². The first kappa shape index (κ1) is 24.1. The number of nitrogens with one attached hydrogen (secondary N) is 1. The Morgan fingerprint density at radius 2 is 1.97 bits per heavy atom. The summed E-state index contributed by atoms with van der Waals surface area (Å²) in [5.41, 5.74) is -1.55. The zero-order chi connectivity index (χ0) is 22.1. The summed E-state index contributed by atoms with van der Waals surface area (Å²) in [5.74, 6) is -0.388. The Balaban J connectivity index is 0.00000341. The van der Waals surface area contributed by atoms with E-state index in [0.717, 1.165) is 18.3 Å². The molecule has 0 bridgehead atoms. The van der Waals surface area contributed by atoms with Crippen molar-refractivity contribution >= 4 is 36.7 Å². The molecule has 1 amide bonds. The smallest absolute Gasteiger partial charge is 0.342 e. The number of hydrogen-bond donors (Lipinski definition) is 1. The van der Waals surface area contributed by atoms with Gasteiger partial charge in [0.25, 0.3) is 11.6 Å². The molecule has 3 aromatic rings. The minimum absolute atomic E-state index is 0. The van der Waals surface area contributed by atoms with Crippen molar-refractivity contribution in [2.24, 2.45) is 0 Å². The number of carbonyl (C=O) groups excluding carboxylic acids is 1. The summed E-state index contributed by atoms with van der Waals surface area (Å²) in [7, 11) is 0. The monoisotopic (exact) mass is 474 g/mol. The molecule has 0 aliphatic carbocycles. The van der Waals surface area contributed by atoms with Crippen LogP contribution in [0.3, 0.4) is 0 Å². The molecule has 31 heavy (non-hydrogen) atoms. The summed E-state index contributed by atoms with van der Waals surface area (Å²) in [5, 5.41) is 17.0. The number of hydrogen-bond acceptors (Lipinski definition) is 6. The minimum Gasteiger partial charge on any atom is -0.342 e. The van der Waals surface area contributed by atoms with Crippen LogP contribution in [0.15, 0.2) is 42.9 Å². The van der Waals surface area contributed by atoms with Gasteiger partial charge in [0.15, 0.2) is 11.6 Å². The summed E-state index contributed by atoms with van der Waals surface area (Å²) in [6.07, 6.45) is -2.44. The summed E-state index contributed by atoms with van der Waals surface area (Å²) in [6.45, 7) is 1.54. The van der Waals surface area contributed by atoms with Gasteiger partial charge in [-0.25, -0.2) is 9.97 Å². The van der Waals surface area contributed by atoms with Crippen molar-refractivity contribution in [2.45, 2.75) is 19.1 Å². The Morgan fingerprint density at radius 3 is 2.55 bits per heavy atom. The van der Waals surface area contributed by atoms with E-state index in [4.69, 9.17) is 11.6 Å². The average Bonchev–Trinajstić information content (AvgIpc) is 3.16. The fraction of sp³-hybridized carbons (Fsp3) is 0.176. The van der Waals surface area contributed by atoms with Gasteiger partial charge in [0.2, 0.25) is 0 Å². The number of halogens is 4. The number of amides is 1. The van der Waals surface area contributed by atoms with Gasteiger partial charge in [0.1, 0.15) is 12.5 Å². The number of alkyl halides is 3. The zero-order valence-electron chi connectivity index (χ0n) is 15.6. The van der Waals surface area contributed by atoms with Crippen molar-refractivity contribution in [3.8, 4) is 5.82 Å². The standard InChI is InChI=1S/C17H12ClF3N6O3.H2S/c1-9(25-16(28)10-4-11(17(19,20)21)6-12(18)5-10)15-23-8-24-26(15)14-3-2-13(7-22-14)27(29)30;/h2-9H,1H3,(H,25,28);1H2/t9-;/m0./s1. The molecule has 0 spiro atoms. The summed E-state index contributed by atoms with van der Waals surface area (Å²) in [4.78, 5) is 30.6. The van der Waals surface area contributed by atoms with Crippen LogP contribution in [0.25, 0.3) is 5.82 Å². The molecule has 0 fully saturated rings. The molecule has 164 valence electrons. The van der Waals surface area contributed by atoms with Crippen LogP contribution >= 0.6 is 25.1 Å². The predicted molar refractivity (Wildman–Crippen MR) is 109 cm³/mol. The number of nitro groups is 1. The number of nitrogens with zero attached hydrogens (tertiary/aromatic N) is 5. The molecule has 14 heteroatoms. The first-order chi connectivity index (χ1) is 14.1. The number of aromatic nitrogens is 4. The Labute approximate surface area is 184 Å². The number of rotatable bonds is 5. The van der Waals surface area contributed by atoms with Crippen LogP contribution in [0.1, 0.15) is 34.7 Å². The lowest BCUT2D eigenvalue weighted by molar-refractivity contribution is -0.385. The van der Waals surface area contributed by atoms with Gasteiger partial charge >= 0.3 is 6.18 Å². The van der Waals surface area contributed by atoms with E-state index in [1.54, 1.807) is 6.92 Å². The van der Waals surface area contributed by atoms with Crippen molar-refractivity contribution in [3.05, 3.63) is 74.9 Å². The number of pyridine rings is 1. The normalized spacial score (nSPS) is 12.0. The maximum atomic E-state index is 13.0. The van der Waals surface area contributed by atoms with E-state index in [1.165, 1.54) is 23.1 Å². The molecular formula is C17H14ClF3N6O3S. The van der Waals surface area contributed by atoms with E-state index in [9.17, 15) is 28.1 Å². The van der Waals surface area contributed by atoms with Crippen molar-refractivity contribution in [1.82, 2.24) is 25.1 Å². The minimum atomic E-state index is -4.66. The van der Waals surface area contributed by atoms with Crippen molar-refractivity contribution in [1.29, 1.82) is 0 Å². The largest absolute Gasteiger partial charge is 0.416 e. The third-order valence-corrected chi connectivity index (χ3v) is 4.17. The van der Waals surface area contributed by atoms with Crippen LogP contribution in [-0.2, 0) is 6.18 Å². The maximum Gasteiger partial charge on any atom is 0.416 e. The molecule has 1 aromatic carbocycles. The Hall–Kier alpha value is -3.19. The van der Waals surface area contributed by atoms with E-state index < -0.39 is 28.6 Å². The third-order valence-electron chi connectivity index (χ3n) is 3.96. The first-order valence-corrected chi connectivity index (χ1v) is 8.63. The molecule has 0 radical (unpaired) electrons. The molecule has 0 aliphatic heterocycles. The number of benzene rings is 1. The van der Waals surface area contributed by atoms with Crippen LogP contribution in [0, 0.1) is 10.1 Å². The lowest BCUT2D eigenvalue weighted by atomic mass is 10.1. The van der Waals surface area contributed by atoms with Crippen molar-refractivity contribution in [2.75, 3.05) is 0 Å². The lowest BCUT2D eigenvalue weighted by Crippen LogP contribution is -2.29. The molecule has 2 heterocycles. The first-order valence-electron chi connectivity index (χ1n) is 8.25. The highest BCUT2D eigenvalue weighted by Crippen LogP contribution is 2.32. The number of carbonyl (C=O) groups is 1. The topological polar surface area (TPSA) is 116 Å². The molecule has 1 N–H and O–H groups in total. The van der Waals surface area contributed by atoms with E-state index >= 15 is 0 Å². The quantitative estimate of drug-likeness (QED) is 0.443. The Kier molecular flexibility index (Phi) is 7.23. The molecule has 3 rings (SSSR count). The van der Waals surface area contributed by atoms with Crippen LogP contribution in [-0.4, -0.2) is 30.6 Å². The molecule has 1 atom stereocenters. The van der Waals surface area contributed by atoms with Gasteiger partial charge in [-0.2, -0.15) is 36.4 Å². The van der Waals surface area contributed by atoms with Gasteiger partial charge in [-0.1, -0.05) is 11.6 Å². The highest BCUT2D eigenvalue weighted by Gasteiger charge is 2.32. The summed E-state index contributed by atoms with van der Waals surface area (Å²) in [6, 6.07) is 4.31. The lowest BCUT2D eigenvalue weighted by Gasteiger charge is -2.15. The second-order valence-electron chi connectivity index (χ2n) is 6.08. The maximum absolute atomic E-state index is 13.0. The van der Waals surface area contributed by atoms with Crippen molar-refractivity contribution < 1.29 is 22.9 Å². The second-order valence-corrected chi connectivity index (χ2v) is 6.52. The molecule has 0 unspecified atom stereocenters. The van der Waals surface area contributed by atoms with E-state index in [1.807, 2.05) is 0 Å². The fourth-order valence-electron chi connectivity index (χ4n) is 2.56. The second kappa shape index (κ2) is 9.31. The van der Waals surface area contributed by atoms with E-state index in [2.05, 4.69) is 20.4 Å². The van der Waals surface area contributed by atoms with E-state index in [0.29, 0.717) is 6.07 Å². The summed E-state index contributed by atoms with van der Waals surface area (Å²) < 4.78 is 40.1. The van der Waals surface area contributed by atoms with Crippen molar-refractivity contribution in [3.63, 3.8) is 0 Å². The highest BCUT2D eigenvalue weighted by atomic mass is 35.5. The van der Waals surface area contributed by atoms with Gasteiger partial charge in [-0.05, 0) is 31.2 Å². The molecular weight excluding hydrogens is 461 g/mol. The Bertz CT molecular complexity index is 1110. The molecule has 2 aromatic heterocycles.